The van der Waals surface area contributed by atoms with Gasteiger partial charge in [0.2, 0.25) is 0 Å². The average molecular weight is 300 g/mol. The van der Waals surface area contributed by atoms with E-state index < -0.39 is 0 Å². The minimum absolute atomic E-state index is 0.113. The van der Waals surface area contributed by atoms with Crippen molar-refractivity contribution in [2.24, 2.45) is 0 Å². The number of rotatable bonds is 5. The minimum Gasteiger partial charge on any atom is -0.493 e. The van der Waals surface area contributed by atoms with Crippen LogP contribution in [0.1, 0.15) is 15.9 Å². The number of nitrogens with two attached hydrogens (primary N) is 1. The fourth-order valence-electron chi connectivity index (χ4n) is 2.25. The molecule has 0 aliphatic rings. The second kappa shape index (κ2) is 6.39. The number of hydrogen-bond donors (Lipinski definition) is 1. The lowest BCUT2D eigenvalue weighted by Crippen LogP contribution is -2.12. The average Bonchev–Trinajstić information content (AvgIpc) is 2.52. The summed E-state index contributed by atoms with van der Waals surface area (Å²) in [6, 6.07) is 10.4. The van der Waals surface area contributed by atoms with Crippen LogP contribution in [0.3, 0.4) is 0 Å². The van der Waals surface area contributed by atoms with Crippen molar-refractivity contribution in [2.75, 3.05) is 38.9 Å². The molecule has 0 unspecified atom stereocenters. The van der Waals surface area contributed by atoms with Gasteiger partial charge in [-0.05, 0) is 36.4 Å². The Balaban J connectivity index is 2.38. The van der Waals surface area contributed by atoms with E-state index in [1.165, 1.54) is 7.11 Å². The first-order chi connectivity index (χ1) is 10.5. The highest BCUT2D eigenvalue weighted by molar-refractivity contribution is 6.10. The van der Waals surface area contributed by atoms with E-state index in [1.54, 1.807) is 37.4 Å². The number of nitrogens with zero attached hydrogens (tertiary/aromatic N) is 1. The first-order valence-electron chi connectivity index (χ1n) is 6.81. The molecular weight excluding hydrogens is 280 g/mol. The molecule has 0 aromatic heterocycles. The molecule has 5 nitrogen and oxygen atoms in total. The predicted octanol–water partition coefficient (Wildman–Crippen LogP) is 2.58. The molecule has 0 amide bonds. The largest absolute Gasteiger partial charge is 0.493 e. The van der Waals surface area contributed by atoms with Crippen molar-refractivity contribution in [1.82, 2.24) is 0 Å². The van der Waals surface area contributed by atoms with Gasteiger partial charge in [0.15, 0.2) is 17.3 Å². The summed E-state index contributed by atoms with van der Waals surface area (Å²) in [5.74, 6) is 0.991. The molecule has 0 saturated heterocycles. The third kappa shape index (κ3) is 2.98. The molecule has 0 heterocycles. The molecule has 0 saturated carbocycles. The van der Waals surface area contributed by atoms with Gasteiger partial charge < -0.3 is 20.1 Å². The maximum atomic E-state index is 12.6. The van der Waals surface area contributed by atoms with Gasteiger partial charge >= 0.3 is 0 Å². The molecule has 5 heteroatoms. The van der Waals surface area contributed by atoms with E-state index in [4.69, 9.17) is 15.2 Å². The second-order valence-corrected chi connectivity index (χ2v) is 5.07. The lowest BCUT2D eigenvalue weighted by Gasteiger charge is -2.16. The van der Waals surface area contributed by atoms with Crippen LogP contribution >= 0.6 is 0 Å². The van der Waals surface area contributed by atoms with Crippen LogP contribution in [0.2, 0.25) is 0 Å². The fraction of sp³-hybridized carbons (Fsp3) is 0.235. The Bertz CT molecular complexity index is 696. The molecule has 0 radical (unpaired) electrons. The Morgan fingerprint density at radius 2 is 1.55 bits per heavy atom. The first-order valence-corrected chi connectivity index (χ1v) is 6.81. The summed E-state index contributed by atoms with van der Waals surface area (Å²) in [6.45, 7) is 0. The Labute approximate surface area is 130 Å². The van der Waals surface area contributed by atoms with Crippen LogP contribution in [-0.2, 0) is 0 Å². The van der Waals surface area contributed by atoms with Gasteiger partial charge in [0, 0.05) is 25.2 Å². The Morgan fingerprint density at radius 3 is 2.09 bits per heavy atom. The highest BCUT2D eigenvalue weighted by Gasteiger charge is 2.14. The van der Waals surface area contributed by atoms with Gasteiger partial charge in [-0.25, -0.2) is 0 Å². The van der Waals surface area contributed by atoms with Gasteiger partial charge in [0.05, 0.1) is 25.6 Å². The molecule has 0 aliphatic carbocycles. The molecule has 22 heavy (non-hydrogen) atoms. The zero-order valence-electron chi connectivity index (χ0n) is 13.2. The molecule has 0 bridgehead atoms. The van der Waals surface area contributed by atoms with Crippen LogP contribution in [0.15, 0.2) is 36.4 Å². The number of ketones is 1. The number of carbonyl (C=O) groups is 1. The lowest BCUT2D eigenvalue weighted by molar-refractivity contribution is 0.103. The molecule has 0 aliphatic heterocycles. The maximum absolute atomic E-state index is 12.6. The molecule has 0 atom stereocenters. The lowest BCUT2D eigenvalue weighted by atomic mass is 10.0. The van der Waals surface area contributed by atoms with Gasteiger partial charge in [-0.15, -0.1) is 0 Å². The highest BCUT2D eigenvalue weighted by Crippen LogP contribution is 2.29. The molecule has 2 N–H and O–H groups in total. The summed E-state index contributed by atoms with van der Waals surface area (Å²) in [5.41, 5.74) is 8.51. The number of benzene rings is 2. The molecule has 0 spiro atoms. The highest BCUT2D eigenvalue weighted by atomic mass is 16.5. The van der Waals surface area contributed by atoms with Crippen molar-refractivity contribution >= 4 is 17.2 Å². The van der Waals surface area contributed by atoms with Crippen molar-refractivity contribution in [1.29, 1.82) is 0 Å². The molecule has 2 aromatic rings. The van der Waals surface area contributed by atoms with Crippen molar-refractivity contribution in [3.63, 3.8) is 0 Å². The van der Waals surface area contributed by atoms with Gasteiger partial charge in [0.1, 0.15) is 0 Å². The van der Waals surface area contributed by atoms with Crippen LogP contribution in [0, 0.1) is 0 Å². The Morgan fingerprint density at radius 1 is 0.955 bits per heavy atom. The summed E-state index contributed by atoms with van der Waals surface area (Å²) >= 11 is 0. The first kappa shape index (κ1) is 15.7. The number of hydrogen-bond acceptors (Lipinski definition) is 5. The van der Waals surface area contributed by atoms with Gasteiger partial charge in [0.25, 0.3) is 0 Å². The quantitative estimate of drug-likeness (QED) is 0.679. The molecule has 0 fully saturated rings. The summed E-state index contributed by atoms with van der Waals surface area (Å²) in [5, 5.41) is 0. The SMILES string of the molecule is COc1ccc(C(=O)c2ccc(N(C)C)c(N)c2)cc1OC. The van der Waals surface area contributed by atoms with E-state index in [2.05, 4.69) is 0 Å². The van der Waals surface area contributed by atoms with Crippen molar-refractivity contribution in [3.8, 4) is 11.5 Å². The van der Waals surface area contributed by atoms with E-state index in [0.29, 0.717) is 28.3 Å². The zero-order valence-corrected chi connectivity index (χ0v) is 13.2. The Kier molecular flexibility index (Phi) is 4.56. The molecule has 2 rings (SSSR count). The van der Waals surface area contributed by atoms with Gasteiger partial charge in [-0.2, -0.15) is 0 Å². The third-order valence-electron chi connectivity index (χ3n) is 3.42. The summed E-state index contributed by atoms with van der Waals surface area (Å²) in [4.78, 5) is 14.5. The molecular formula is C17H20N2O3. The summed E-state index contributed by atoms with van der Waals surface area (Å²) in [7, 11) is 6.90. The standard InChI is InChI=1S/C17H20N2O3/c1-19(2)14-7-5-11(9-13(14)18)17(20)12-6-8-15(21-3)16(10-12)22-4/h5-10H,18H2,1-4H3. The monoisotopic (exact) mass is 300 g/mol. The van der Waals surface area contributed by atoms with Crippen LogP contribution in [-0.4, -0.2) is 34.1 Å². The molecule has 116 valence electrons. The van der Waals surface area contributed by atoms with Crippen LogP contribution in [0.4, 0.5) is 11.4 Å². The fourth-order valence-corrected chi connectivity index (χ4v) is 2.25. The van der Waals surface area contributed by atoms with Gasteiger partial charge in [-0.3, -0.25) is 4.79 Å². The summed E-state index contributed by atoms with van der Waals surface area (Å²) in [6.07, 6.45) is 0. The topological polar surface area (TPSA) is 64.8 Å². The van der Waals surface area contributed by atoms with Crippen LogP contribution in [0.25, 0.3) is 0 Å². The molecule has 2 aromatic carbocycles. The van der Waals surface area contributed by atoms with E-state index in [1.807, 2.05) is 25.1 Å². The smallest absolute Gasteiger partial charge is 0.193 e. The second-order valence-electron chi connectivity index (χ2n) is 5.07. The third-order valence-corrected chi connectivity index (χ3v) is 3.42. The van der Waals surface area contributed by atoms with Crippen molar-refractivity contribution in [2.45, 2.75) is 0 Å². The number of carbonyl (C=O) groups excluding carboxylic acids is 1. The Hall–Kier alpha value is -2.69. The number of ether oxygens (including phenoxy) is 2. The van der Waals surface area contributed by atoms with E-state index in [0.717, 1.165) is 5.69 Å². The number of nitrogen functional groups attached to an aromatic ring is 1. The van der Waals surface area contributed by atoms with E-state index >= 15 is 0 Å². The number of methoxy groups -OCH3 is 2. The van der Waals surface area contributed by atoms with Crippen LogP contribution < -0.4 is 20.1 Å². The van der Waals surface area contributed by atoms with E-state index in [-0.39, 0.29) is 5.78 Å². The minimum atomic E-state index is -0.113. The normalized spacial score (nSPS) is 10.2. The van der Waals surface area contributed by atoms with Crippen molar-refractivity contribution in [3.05, 3.63) is 47.5 Å². The van der Waals surface area contributed by atoms with Crippen molar-refractivity contribution < 1.29 is 14.3 Å². The zero-order chi connectivity index (χ0) is 16.3. The van der Waals surface area contributed by atoms with E-state index in [9.17, 15) is 4.79 Å². The summed E-state index contributed by atoms with van der Waals surface area (Å²) < 4.78 is 10.4. The van der Waals surface area contributed by atoms with Crippen LogP contribution in [0.5, 0.6) is 11.5 Å². The predicted molar refractivity (Wildman–Crippen MR) is 88.2 cm³/mol. The van der Waals surface area contributed by atoms with Gasteiger partial charge in [-0.1, -0.05) is 0 Å². The maximum Gasteiger partial charge on any atom is 0.193 e. The number of anilines is 2.